The number of hydrogen-bond acceptors (Lipinski definition) is 7. The van der Waals surface area contributed by atoms with Gasteiger partial charge in [-0.3, -0.25) is 0 Å². The Morgan fingerprint density at radius 2 is 1.56 bits per heavy atom. The molecule has 0 aliphatic carbocycles. The monoisotopic (exact) mass is 343 g/mol. The van der Waals surface area contributed by atoms with Crippen LogP contribution in [0.1, 0.15) is 0 Å². The summed E-state index contributed by atoms with van der Waals surface area (Å²) in [6.07, 6.45) is 1.26. The average Bonchev–Trinajstić information content (AvgIpc) is 3.13. The van der Waals surface area contributed by atoms with Crippen LogP contribution < -0.4 is 14.2 Å². The van der Waals surface area contributed by atoms with Crippen LogP contribution in [0.2, 0.25) is 0 Å². The fourth-order valence-corrected chi connectivity index (χ4v) is 2.50. The summed E-state index contributed by atoms with van der Waals surface area (Å²) in [6.45, 7) is 0. The van der Waals surface area contributed by atoms with E-state index in [-0.39, 0.29) is 22.8 Å². The van der Waals surface area contributed by atoms with Gasteiger partial charge in [0.1, 0.15) is 17.2 Å². The zero-order chi connectivity index (χ0) is 18.0. The maximum atomic E-state index is 10.3. The number of nitrogens with zero attached hydrogens (tertiary/aromatic N) is 1. The molecule has 1 aromatic heterocycles. The highest BCUT2D eigenvalue weighted by atomic mass is 16.5. The Morgan fingerprint density at radius 1 is 0.880 bits per heavy atom. The molecule has 0 saturated carbocycles. The van der Waals surface area contributed by atoms with Gasteiger partial charge in [0.2, 0.25) is 5.75 Å². The van der Waals surface area contributed by atoms with Crippen molar-refractivity contribution in [3.8, 4) is 51.3 Å². The number of aromatic nitrogens is 1. The first-order chi connectivity index (χ1) is 12.1. The number of benzene rings is 2. The SMILES string of the molecule is COc1cc(OC)cc(-c2ncoc2-c2ccc(OC)c(O)c2O)c1. The summed E-state index contributed by atoms with van der Waals surface area (Å²) in [7, 11) is 4.50. The summed E-state index contributed by atoms with van der Waals surface area (Å²) in [5, 5.41) is 20.3. The van der Waals surface area contributed by atoms with Gasteiger partial charge in [-0.25, -0.2) is 4.98 Å². The third-order valence-corrected chi connectivity index (χ3v) is 3.77. The summed E-state index contributed by atoms with van der Waals surface area (Å²) < 4.78 is 21.0. The zero-order valence-electron chi connectivity index (χ0n) is 13.9. The van der Waals surface area contributed by atoms with Gasteiger partial charge in [0.05, 0.1) is 26.9 Å². The Hall–Kier alpha value is -3.35. The van der Waals surface area contributed by atoms with Gasteiger partial charge in [-0.05, 0) is 24.3 Å². The largest absolute Gasteiger partial charge is 0.504 e. The number of phenols is 2. The Bertz CT molecular complexity index is 880. The number of methoxy groups -OCH3 is 3. The quantitative estimate of drug-likeness (QED) is 0.685. The Labute approximate surface area is 144 Å². The summed E-state index contributed by atoms with van der Waals surface area (Å²) >= 11 is 0. The van der Waals surface area contributed by atoms with E-state index in [1.165, 1.54) is 19.6 Å². The normalized spacial score (nSPS) is 10.5. The van der Waals surface area contributed by atoms with Crippen LogP contribution in [0.15, 0.2) is 41.1 Å². The molecule has 0 aliphatic rings. The van der Waals surface area contributed by atoms with Crippen LogP contribution in [-0.2, 0) is 0 Å². The molecule has 2 aromatic carbocycles. The molecule has 0 atom stereocenters. The second-order valence-corrected chi connectivity index (χ2v) is 5.14. The van der Waals surface area contributed by atoms with Crippen LogP contribution in [-0.4, -0.2) is 36.5 Å². The molecule has 7 heteroatoms. The fraction of sp³-hybridized carbons (Fsp3) is 0.167. The molecule has 0 bridgehead atoms. The molecule has 3 aromatic rings. The van der Waals surface area contributed by atoms with E-state index in [9.17, 15) is 10.2 Å². The first kappa shape index (κ1) is 16.5. The molecule has 0 spiro atoms. The second kappa shape index (κ2) is 6.64. The smallest absolute Gasteiger partial charge is 0.201 e. The molecule has 1 heterocycles. The number of oxazole rings is 1. The number of ether oxygens (including phenoxy) is 3. The molecule has 2 N–H and O–H groups in total. The number of phenolic OH excluding ortho intramolecular Hbond substituents is 2. The highest BCUT2D eigenvalue weighted by Gasteiger charge is 2.21. The van der Waals surface area contributed by atoms with Crippen molar-refractivity contribution in [2.24, 2.45) is 0 Å². The van der Waals surface area contributed by atoms with Crippen molar-refractivity contribution >= 4 is 0 Å². The van der Waals surface area contributed by atoms with E-state index >= 15 is 0 Å². The molecular weight excluding hydrogens is 326 g/mol. The van der Waals surface area contributed by atoms with Crippen molar-refractivity contribution in [1.82, 2.24) is 4.98 Å². The third kappa shape index (κ3) is 2.91. The molecule has 0 radical (unpaired) electrons. The highest BCUT2D eigenvalue weighted by molar-refractivity contribution is 5.83. The first-order valence-electron chi connectivity index (χ1n) is 7.35. The van der Waals surface area contributed by atoms with E-state index in [1.807, 2.05) is 0 Å². The van der Waals surface area contributed by atoms with E-state index in [1.54, 1.807) is 38.5 Å². The van der Waals surface area contributed by atoms with E-state index < -0.39 is 0 Å². The summed E-state index contributed by atoms with van der Waals surface area (Å²) in [5.41, 5.74) is 1.43. The van der Waals surface area contributed by atoms with Gasteiger partial charge in [-0.1, -0.05) is 0 Å². The highest BCUT2D eigenvalue weighted by Crippen LogP contribution is 2.45. The van der Waals surface area contributed by atoms with Gasteiger partial charge in [0.15, 0.2) is 23.7 Å². The van der Waals surface area contributed by atoms with Crippen molar-refractivity contribution in [2.75, 3.05) is 21.3 Å². The Morgan fingerprint density at radius 3 is 2.16 bits per heavy atom. The van der Waals surface area contributed by atoms with Crippen molar-refractivity contribution in [2.45, 2.75) is 0 Å². The minimum Gasteiger partial charge on any atom is -0.504 e. The standard InChI is InChI=1S/C18H17NO6/c1-22-11-6-10(7-12(8-11)23-2)15-18(25-9-19-15)13-4-5-14(24-3)17(21)16(13)20/h4-9,20-21H,1-3H3. The van der Waals surface area contributed by atoms with E-state index in [4.69, 9.17) is 18.6 Å². The van der Waals surface area contributed by atoms with E-state index in [0.717, 1.165) is 0 Å². The van der Waals surface area contributed by atoms with E-state index in [2.05, 4.69) is 4.98 Å². The molecule has 0 saturated heterocycles. The minimum atomic E-state index is -0.370. The summed E-state index contributed by atoms with van der Waals surface area (Å²) in [6, 6.07) is 8.38. The van der Waals surface area contributed by atoms with Gasteiger partial charge < -0.3 is 28.8 Å². The predicted molar refractivity (Wildman–Crippen MR) is 90.4 cm³/mol. The van der Waals surface area contributed by atoms with Crippen molar-refractivity contribution in [3.05, 3.63) is 36.7 Å². The number of aromatic hydroxyl groups is 2. The average molecular weight is 343 g/mol. The molecule has 0 amide bonds. The molecule has 25 heavy (non-hydrogen) atoms. The van der Waals surface area contributed by atoms with Gasteiger partial charge >= 0.3 is 0 Å². The van der Waals surface area contributed by atoms with Crippen molar-refractivity contribution < 1.29 is 28.8 Å². The molecule has 7 nitrogen and oxygen atoms in total. The summed E-state index contributed by atoms with van der Waals surface area (Å²) in [5.74, 6) is 0.907. The molecular formula is C18H17NO6. The van der Waals surface area contributed by atoms with Crippen LogP contribution in [0.5, 0.6) is 28.7 Å². The lowest BCUT2D eigenvalue weighted by atomic mass is 10.0. The minimum absolute atomic E-state index is 0.158. The fourth-order valence-electron chi connectivity index (χ4n) is 2.50. The summed E-state index contributed by atoms with van der Waals surface area (Å²) in [4.78, 5) is 4.23. The van der Waals surface area contributed by atoms with Gasteiger partial charge in [0, 0.05) is 11.6 Å². The Balaban J connectivity index is 2.15. The van der Waals surface area contributed by atoms with Gasteiger partial charge in [-0.15, -0.1) is 0 Å². The van der Waals surface area contributed by atoms with Crippen molar-refractivity contribution in [1.29, 1.82) is 0 Å². The molecule has 130 valence electrons. The number of rotatable bonds is 5. The van der Waals surface area contributed by atoms with Crippen molar-refractivity contribution in [3.63, 3.8) is 0 Å². The third-order valence-electron chi connectivity index (χ3n) is 3.77. The maximum Gasteiger partial charge on any atom is 0.201 e. The van der Waals surface area contributed by atoms with Gasteiger partial charge in [0.25, 0.3) is 0 Å². The van der Waals surface area contributed by atoms with Crippen LogP contribution in [0.25, 0.3) is 22.6 Å². The van der Waals surface area contributed by atoms with Gasteiger partial charge in [-0.2, -0.15) is 0 Å². The first-order valence-corrected chi connectivity index (χ1v) is 7.35. The molecule has 0 unspecified atom stereocenters. The predicted octanol–water partition coefficient (Wildman–Crippen LogP) is 3.45. The zero-order valence-corrected chi connectivity index (χ0v) is 13.9. The van der Waals surface area contributed by atoms with Crippen LogP contribution in [0, 0.1) is 0 Å². The van der Waals surface area contributed by atoms with Crippen LogP contribution in [0.3, 0.4) is 0 Å². The number of hydrogen-bond donors (Lipinski definition) is 2. The van der Waals surface area contributed by atoms with Crippen LogP contribution in [0.4, 0.5) is 0 Å². The Kier molecular flexibility index (Phi) is 4.38. The lowest BCUT2D eigenvalue weighted by molar-refractivity contribution is 0.351. The van der Waals surface area contributed by atoms with Crippen LogP contribution >= 0.6 is 0 Å². The molecule has 3 rings (SSSR count). The molecule has 0 fully saturated rings. The second-order valence-electron chi connectivity index (χ2n) is 5.14. The lowest BCUT2D eigenvalue weighted by Gasteiger charge is -2.10. The lowest BCUT2D eigenvalue weighted by Crippen LogP contribution is -1.91. The maximum absolute atomic E-state index is 10.3. The topological polar surface area (TPSA) is 94.2 Å². The van der Waals surface area contributed by atoms with E-state index in [0.29, 0.717) is 28.5 Å². The molecule has 0 aliphatic heterocycles.